The number of carbonyl (C=O) groups is 1. The first-order valence-corrected chi connectivity index (χ1v) is 7.08. The number of rotatable bonds is 2. The van der Waals surface area contributed by atoms with E-state index in [2.05, 4.69) is 29.6 Å². The molecule has 1 aromatic rings. The van der Waals surface area contributed by atoms with Crippen LogP contribution >= 0.6 is 0 Å². The van der Waals surface area contributed by atoms with Gasteiger partial charge in [0, 0.05) is 6.42 Å². The molecule has 0 saturated carbocycles. The second-order valence-corrected chi connectivity index (χ2v) is 5.05. The Morgan fingerprint density at radius 3 is 2.32 bits per heavy atom. The molecule has 1 heterocycles. The highest BCUT2D eigenvalue weighted by Gasteiger charge is 2.28. The molecule has 2 N–H and O–H groups in total. The van der Waals surface area contributed by atoms with Gasteiger partial charge in [0.1, 0.15) is 11.7 Å². The fourth-order valence-corrected chi connectivity index (χ4v) is 2.33. The van der Waals surface area contributed by atoms with E-state index < -0.39 is 12.1 Å². The first kappa shape index (κ1) is 18.3. The molecule has 124 valence electrons. The SMILES string of the molecule is COc1ccc(C2CCC[NH2+]CC2)cc1.O=C([O-])C(F)(F)F. The highest BCUT2D eigenvalue weighted by molar-refractivity contribution is 5.70. The molecular weight excluding hydrogens is 299 g/mol. The predicted molar refractivity (Wildman–Crippen MR) is 72.3 cm³/mol. The lowest BCUT2D eigenvalue weighted by atomic mass is 9.92. The summed E-state index contributed by atoms with van der Waals surface area (Å²) in [7, 11) is 1.72. The molecule has 0 aromatic heterocycles. The standard InChI is InChI=1S/C13H19NO.C2HF3O2/c1-15-13-6-4-12(5-7-13)11-3-2-9-14-10-8-11;3-2(4,5)1(6)7/h4-7,11,14H,2-3,8-10H2,1H3;(H,6,7). The maximum absolute atomic E-state index is 10.5. The van der Waals surface area contributed by atoms with Gasteiger partial charge in [0.15, 0.2) is 0 Å². The van der Waals surface area contributed by atoms with E-state index in [0.29, 0.717) is 0 Å². The summed E-state index contributed by atoms with van der Waals surface area (Å²) in [5.41, 5.74) is 1.48. The first-order chi connectivity index (χ1) is 10.3. The van der Waals surface area contributed by atoms with E-state index >= 15 is 0 Å². The molecule has 0 aliphatic carbocycles. The van der Waals surface area contributed by atoms with Gasteiger partial charge in [-0.1, -0.05) is 12.1 Å². The predicted octanol–water partition coefficient (Wildman–Crippen LogP) is 0.825. The van der Waals surface area contributed by atoms with Crippen LogP contribution in [0.2, 0.25) is 0 Å². The van der Waals surface area contributed by atoms with E-state index in [9.17, 15) is 13.2 Å². The lowest BCUT2D eigenvalue weighted by Crippen LogP contribution is -2.83. The summed E-state index contributed by atoms with van der Waals surface area (Å²) in [5.74, 6) is -1.29. The van der Waals surface area contributed by atoms with E-state index in [0.717, 1.165) is 11.7 Å². The summed E-state index contributed by atoms with van der Waals surface area (Å²) in [6.45, 7) is 2.57. The molecule has 1 saturated heterocycles. The van der Waals surface area contributed by atoms with Crippen LogP contribution in [0, 0.1) is 0 Å². The first-order valence-electron chi connectivity index (χ1n) is 7.08. The van der Waals surface area contributed by atoms with Crippen LogP contribution in [0.5, 0.6) is 5.75 Å². The summed E-state index contributed by atoms with van der Waals surface area (Å²) >= 11 is 0. The van der Waals surface area contributed by atoms with E-state index in [1.54, 1.807) is 7.11 Å². The second-order valence-electron chi connectivity index (χ2n) is 5.05. The number of hydrogen-bond donors (Lipinski definition) is 1. The van der Waals surface area contributed by atoms with Gasteiger partial charge in [0.25, 0.3) is 0 Å². The minimum atomic E-state index is -5.19. The molecule has 2 rings (SSSR count). The van der Waals surface area contributed by atoms with Crippen molar-refractivity contribution in [2.24, 2.45) is 0 Å². The van der Waals surface area contributed by atoms with Crippen LogP contribution in [0.15, 0.2) is 24.3 Å². The number of alkyl halides is 3. The highest BCUT2D eigenvalue weighted by Crippen LogP contribution is 2.26. The number of benzene rings is 1. The lowest BCUT2D eigenvalue weighted by molar-refractivity contribution is -0.653. The number of quaternary nitrogens is 1. The highest BCUT2D eigenvalue weighted by atomic mass is 19.4. The normalized spacial score (nSPS) is 18.6. The van der Waals surface area contributed by atoms with Gasteiger partial charge < -0.3 is 20.0 Å². The summed E-state index contributed by atoms with van der Waals surface area (Å²) in [4.78, 5) is 8.78. The van der Waals surface area contributed by atoms with Crippen LogP contribution in [0.1, 0.15) is 30.7 Å². The largest absolute Gasteiger partial charge is 0.542 e. The van der Waals surface area contributed by atoms with Crippen LogP contribution in [0.25, 0.3) is 0 Å². The quantitative estimate of drug-likeness (QED) is 0.878. The third-order valence-corrected chi connectivity index (χ3v) is 3.50. The number of nitrogens with two attached hydrogens (primary N) is 1. The van der Waals surface area contributed by atoms with Crippen molar-refractivity contribution in [1.82, 2.24) is 0 Å². The van der Waals surface area contributed by atoms with Crippen molar-refractivity contribution in [2.75, 3.05) is 20.2 Å². The fourth-order valence-electron chi connectivity index (χ4n) is 2.33. The maximum atomic E-state index is 10.5. The summed E-state index contributed by atoms with van der Waals surface area (Å²) < 4.78 is 36.7. The Labute approximate surface area is 127 Å². The zero-order valence-corrected chi connectivity index (χ0v) is 12.4. The van der Waals surface area contributed by atoms with Crippen molar-refractivity contribution < 1.29 is 33.1 Å². The third kappa shape index (κ3) is 6.34. The Morgan fingerprint density at radius 1 is 1.23 bits per heavy atom. The molecule has 0 amide bonds. The Morgan fingerprint density at radius 2 is 1.82 bits per heavy atom. The second kappa shape index (κ2) is 8.63. The van der Waals surface area contributed by atoms with Gasteiger partial charge >= 0.3 is 6.18 Å². The zero-order chi connectivity index (χ0) is 16.6. The van der Waals surface area contributed by atoms with Crippen LogP contribution in [-0.2, 0) is 4.79 Å². The Hall–Kier alpha value is -1.76. The number of ether oxygens (including phenoxy) is 1. The molecule has 4 nitrogen and oxygen atoms in total. The Balaban J connectivity index is 0.000000295. The molecule has 0 spiro atoms. The van der Waals surface area contributed by atoms with Crippen molar-refractivity contribution in [3.63, 3.8) is 0 Å². The van der Waals surface area contributed by atoms with E-state index in [1.165, 1.54) is 37.9 Å². The number of methoxy groups -OCH3 is 1. The molecular formula is C15H20F3NO3. The molecule has 1 aromatic carbocycles. The van der Waals surface area contributed by atoms with E-state index in [1.807, 2.05) is 0 Å². The number of hydrogen-bond acceptors (Lipinski definition) is 3. The Bertz CT molecular complexity index is 452. The minimum absolute atomic E-state index is 0.759. The van der Waals surface area contributed by atoms with Gasteiger partial charge in [0.2, 0.25) is 0 Å². The molecule has 22 heavy (non-hydrogen) atoms. The maximum Gasteiger partial charge on any atom is 0.430 e. The number of carboxylic acids is 1. The minimum Gasteiger partial charge on any atom is -0.542 e. The Kier molecular flexibility index (Phi) is 7.17. The van der Waals surface area contributed by atoms with Crippen LogP contribution < -0.4 is 15.2 Å². The third-order valence-electron chi connectivity index (χ3n) is 3.50. The molecule has 1 atom stereocenters. The summed E-state index contributed by atoms with van der Waals surface area (Å²) in [6.07, 6.45) is -1.20. The molecule has 7 heteroatoms. The van der Waals surface area contributed by atoms with Gasteiger partial charge in [-0.3, -0.25) is 0 Å². The summed E-state index contributed by atoms with van der Waals surface area (Å²) in [6, 6.07) is 8.58. The molecule has 1 aliphatic rings. The monoisotopic (exact) mass is 319 g/mol. The molecule has 0 bridgehead atoms. The molecule has 1 unspecified atom stereocenters. The topological polar surface area (TPSA) is 66.0 Å². The van der Waals surface area contributed by atoms with E-state index in [-0.39, 0.29) is 0 Å². The smallest absolute Gasteiger partial charge is 0.430 e. The van der Waals surface area contributed by atoms with Crippen LogP contribution in [-0.4, -0.2) is 32.3 Å². The van der Waals surface area contributed by atoms with Crippen molar-refractivity contribution in [3.05, 3.63) is 29.8 Å². The van der Waals surface area contributed by atoms with Crippen LogP contribution in [0.4, 0.5) is 13.2 Å². The van der Waals surface area contributed by atoms with Crippen molar-refractivity contribution in [2.45, 2.75) is 31.4 Å². The lowest BCUT2D eigenvalue weighted by Gasteiger charge is -2.13. The van der Waals surface area contributed by atoms with E-state index in [4.69, 9.17) is 14.6 Å². The van der Waals surface area contributed by atoms with Gasteiger partial charge in [-0.2, -0.15) is 13.2 Å². The van der Waals surface area contributed by atoms with Crippen molar-refractivity contribution in [1.29, 1.82) is 0 Å². The van der Waals surface area contributed by atoms with Crippen molar-refractivity contribution in [3.8, 4) is 5.75 Å². The van der Waals surface area contributed by atoms with Crippen molar-refractivity contribution >= 4 is 5.97 Å². The van der Waals surface area contributed by atoms with Crippen LogP contribution in [0.3, 0.4) is 0 Å². The number of halogens is 3. The number of carboxylic acid groups (broad SMARTS) is 1. The van der Waals surface area contributed by atoms with Gasteiger partial charge in [-0.15, -0.1) is 0 Å². The fraction of sp³-hybridized carbons (Fsp3) is 0.533. The number of aliphatic carboxylic acids is 1. The summed E-state index contributed by atoms with van der Waals surface area (Å²) in [5, 5.41) is 11.2. The molecule has 1 fully saturated rings. The molecule has 0 radical (unpaired) electrons. The van der Waals surface area contributed by atoms with Gasteiger partial charge in [0.05, 0.1) is 20.2 Å². The zero-order valence-electron chi connectivity index (χ0n) is 12.4. The number of carbonyl (C=O) groups excluding carboxylic acids is 1. The van der Waals surface area contributed by atoms with Gasteiger partial charge in [-0.05, 0) is 36.5 Å². The van der Waals surface area contributed by atoms with Gasteiger partial charge in [-0.25, -0.2) is 0 Å². The molecule has 1 aliphatic heterocycles. The average Bonchev–Trinajstić information content (AvgIpc) is 2.76. The average molecular weight is 319 g/mol.